The van der Waals surface area contributed by atoms with Crippen LogP contribution in [-0.4, -0.2) is 78.9 Å². The van der Waals surface area contributed by atoms with E-state index in [1.54, 1.807) is 12.1 Å². The maximum absolute atomic E-state index is 13.5. The van der Waals surface area contributed by atoms with Crippen molar-refractivity contribution in [1.82, 2.24) is 5.32 Å². The molecule has 5 rings (SSSR count). The van der Waals surface area contributed by atoms with Crippen molar-refractivity contribution in [3.05, 3.63) is 82.4 Å². The van der Waals surface area contributed by atoms with Gasteiger partial charge in [0.25, 0.3) is 5.91 Å². The van der Waals surface area contributed by atoms with Gasteiger partial charge >= 0.3 is 5.97 Å². The zero-order valence-corrected chi connectivity index (χ0v) is 27.2. The molecule has 3 aromatic carbocycles. The Bertz CT molecular complexity index is 1470. The summed E-state index contributed by atoms with van der Waals surface area (Å²) in [5.74, 6) is 1.15. The highest BCUT2D eigenvalue weighted by atomic mass is 35.5. The Labute approximate surface area is 270 Å². The molecule has 2 aliphatic rings. The lowest BCUT2D eigenvalue weighted by molar-refractivity contribution is 0.0224. The number of hydrogen-bond acceptors (Lipinski definition) is 8. The summed E-state index contributed by atoms with van der Waals surface area (Å²) in [4.78, 5) is 30.5. The number of ether oxygens (including phenoxy) is 4. The Balaban J connectivity index is 1.29. The van der Waals surface area contributed by atoms with E-state index in [9.17, 15) is 9.59 Å². The SMILES string of the molecule is CN(C)c1ccc2c(c1)Oc1cc(N(C)C)ccc1C21OC(=O)c2cc(C(=O)NCCOCCOCCCCCCCl)ccc21. The average Bonchev–Trinajstić information content (AvgIpc) is 3.32. The normalized spacial score (nSPS) is 13.8. The summed E-state index contributed by atoms with van der Waals surface area (Å²) in [7, 11) is 7.85. The van der Waals surface area contributed by atoms with Gasteiger partial charge in [0.1, 0.15) is 11.5 Å². The average molecular weight is 636 g/mol. The number of fused-ring (bicyclic) bond motifs is 6. The smallest absolute Gasteiger partial charge is 0.340 e. The third kappa shape index (κ3) is 6.90. The number of rotatable bonds is 15. The van der Waals surface area contributed by atoms with E-state index in [0.29, 0.717) is 67.0 Å². The van der Waals surface area contributed by atoms with Gasteiger partial charge in [-0.1, -0.05) is 18.9 Å². The third-order valence-electron chi connectivity index (χ3n) is 8.14. The number of benzene rings is 3. The first kappa shape index (κ1) is 32.6. The second-order valence-corrected chi connectivity index (χ2v) is 12.0. The van der Waals surface area contributed by atoms with Gasteiger partial charge in [-0.3, -0.25) is 4.79 Å². The number of nitrogens with zero attached hydrogens (tertiary/aromatic N) is 2. The summed E-state index contributed by atoms with van der Waals surface area (Å²) in [6.45, 7) is 2.38. The van der Waals surface area contributed by atoms with E-state index in [2.05, 4.69) is 5.32 Å². The molecule has 0 saturated heterocycles. The minimum atomic E-state index is -1.21. The number of carbonyl (C=O) groups is 2. The highest BCUT2D eigenvalue weighted by molar-refractivity contribution is 6.17. The van der Waals surface area contributed by atoms with Crippen LogP contribution in [0.4, 0.5) is 11.4 Å². The summed E-state index contributed by atoms with van der Waals surface area (Å²) >= 11 is 5.69. The van der Waals surface area contributed by atoms with E-state index < -0.39 is 11.6 Å². The number of unbranched alkanes of at least 4 members (excludes halogenated alkanes) is 3. The van der Waals surface area contributed by atoms with Crippen molar-refractivity contribution in [3.8, 4) is 11.5 Å². The van der Waals surface area contributed by atoms with Gasteiger partial charge in [-0.25, -0.2) is 4.79 Å². The number of nitrogens with one attached hydrogen (secondary N) is 1. The number of alkyl halides is 1. The number of amides is 1. The first-order valence-electron chi connectivity index (χ1n) is 15.5. The molecule has 240 valence electrons. The first-order chi connectivity index (χ1) is 21.8. The Kier molecular flexibility index (Phi) is 10.5. The van der Waals surface area contributed by atoms with E-state index >= 15 is 0 Å². The third-order valence-corrected chi connectivity index (χ3v) is 8.41. The number of hydrogen-bond donors (Lipinski definition) is 1. The van der Waals surface area contributed by atoms with Crippen LogP contribution >= 0.6 is 11.6 Å². The summed E-state index contributed by atoms with van der Waals surface area (Å²) < 4.78 is 23.9. The zero-order chi connectivity index (χ0) is 32.0. The molecule has 0 aromatic heterocycles. The number of carbonyl (C=O) groups excluding carboxylic acids is 2. The van der Waals surface area contributed by atoms with Crippen molar-refractivity contribution in [3.63, 3.8) is 0 Å². The molecule has 10 heteroatoms. The Morgan fingerprint density at radius 2 is 1.38 bits per heavy atom. The molecule has 0 radical (unpaired) electrons. The molecule has 0 bridgehead atoms. The minimum Gasteiger partial charge on any atom is -0.456 e. The lowest BCUT2D eigenvalue weighted by Crippen LogP contribution is -2.33. The first-order valence-corrected chi connectivity index (χ1v) is 16.0. The second-order valence-electron chi connectivity index (χ2n) is 11.7. The molecule has 2 heterocycles. The standard InChI is InChI=1S/C35H42ClN3O6/c1-38(2)25-10-13-29-31(22-25)44-32-23-26(39(3)4)11-14-30(32)35(29)28-12-9-24(21-27(28)34(41)45-35)33(40)37-16-18-43-20-19-42-17-8-6-5-7-15-36/h9-14,21-23H,5-8,15-20H2,1-4H3,(H,37,40). The summed E-state index contributed by atoms with van der Waals surface area (Å²) in [5, 5.41) is 2.87. The Morgan fingerprint density at radius 3 is 2.00 bits per heavy atom. The van der Waals surface area contributed by atoms with Gasteiger partial charge in [0.15, 0.2) is 5.60 Å². The van der Waals surface area contributed by atoms with E-state index in [-0.39, 0.29) is 5.91 Å². The van der Waals surface area contributed by atoms with Crippen molar-refractivity contribution in [2.75, 3.05) is 76.8 Å². The fraction of sp³-hybridized carbons (Fsp3) is 0.429. The molecule has 1 spiro atoms. The molecule has 0 aliphatic carbocycles. The molecule has 0 unspecified atom stereocenters. The maximum atomic E-state index is 13.5. The Morgan fingerprint density at radius 1 is 0.778 bits per heavy atom. The van der Waals surface area contributed by atoms with Crippen LogP contribution in [0.3, 0.4) is 0 Å². The maximum Gasteiger partial charge on any atom is 0.340 e. The van der Waals surface area contributed by atoms with Gasteiger partial charge in [0.05, 0.1) is 25.4 Å². The van der Waals surface area contributed by atoms with E-state index in [4.69, 9.17) is 30.5 Å². The number of esters is 1. The molecule has 9 nitrogen and oxygen atoms in total. The van der Waals surface area contributed by atoms with Crippen LogP contribution in [0.5, 0.6) is 11.5 Å². The predicted octanol–water partition coefficient (Wildman–Crippen LogP) is 5.95. The van der Waals surface area contributed by atoms with Gasteiger partial charge < -0.3 is 34.1 Å². The van der Waals surface area contributed by atoms with E-state index in [0.717, 1.165) is 48.2 Å². The fourth-order valence-electron chi connectivity index (χ4n) is 5.72. The summed E-state index contributed by atoms with van der Waals surface area (Å²) in [6, 6.07) is 16.9. The lowest BCUT2D eigenvalue weighted by atomic mass is 9.77. The molecule has 0 saturated carbocycles. The van der Waals surface area contributed by atoms with Gasteiger partial charge in [-0.05, 0) is 49.2 Å². The predicted molar refractivity (Wildman–Crippen MR) is 177 cm³/mol. The van der Waals surface area contributed by atoms with Crippen LogP contribution < -0.4 is 19.9 Å². The Hall–Kier alpha value is -3.79. The molecule has 1 N–H and O–H groups in total. The topological polar surface area (TPSA) is 89.6 Å². The second kappa shape index (κ2) is 14.5. The van der Waals surface area contributed by atoms with Gasteiger partial charge in [-0.2, -0.15) is 0 Å². The zero-order valence-electron chi connectivity index (χ0n) is 26.5. The molecule has 45 heavy (non-hydrogen) atoms. The molecule has 0 fully saturated rings. The molecule has 2 aliphatic heterocycles. The largest absolute Gasteiger partial charge is 0.456 e. The number of halogens is 1. The van der Waals surface area contributed by atoms with Gasteiger partial charge in [0.2, 0.25) is 0 Å². The van der Waals surface area contributed by atoms with Gasteiger partial charge in [-0.15, -0.1) is 11.6 Å². The fourth-order valence-corrected chi connectivity index (χ4v) is 5.90. The lowest BCUT2D eigenvalue weighted by Gasteiger charge is -2.37. The minimum absolute atomic E-state index is 0.289. The van der Waals surface area contributed by atoms with Crippen molar-refractivity contribution >= 4 is 34.9 Å². The highest BCUT2D eigenvalue weighted by Crippen LogP contribution is 2.57. The van der Waals surface area contributed by atoms with E-state index in [1.165, 1.54) is 0 Å². The van der Waals surface area contributed by atoms with Crippen LogP contribution in [0.1, 0.15) is 63.1 Å². The van der Waals surface area contributed by atoms with Gasteiger partial charge in [0, 0.05) is 93.0 Å². The van der Waals surface area contributed by atoms with Crippen molar-refractivity contribution in [2.24, 2.45) is 0 Å². The van der Waals surface area contributed by atoms with E-state index in [1.807, 2.05) is 80.5 Å². The van der Waals surface area contributed by atoms with Crippen LogP contribution in [-0.2, 0) is 19.8 Å². The quantitative estimate of drug-likeness (QED) is 0.125. The highest BCUT2D eigenvalue weighted by Gasteiger charge is 2.53. The van der Waals surface area contributed by atoms with Crippen molar-refractivity contribution in [1.29, 1.82) is 0 Å². The summed E-state index contributed by atoms with van der Waals surface area (Å²) in [6.07, 6.45) is 4.30. The number of anilines is 2. The molecular formula is C35H42ClN3O6. The van der Waals surface area contributed by atoms with Crippen LogP contribution in [0.25, 0.3) is 0 Å². The van der Waals surface area contributed by atoms with Crippen LogP contribution in [0.15, 0.2) is 54.6 Å². The summed E-state index contributed by atoms with van der Waals surface area (Å²) in [5.41, 5.74) is 3.57. The molecule has 1 amide bonds. The van der Waals surface area contributed by atoms with Crippen molar-refractivity contribution < 1.29 is 28.5 Å². The molecule has 3 aromatic rings. The molecule has 0 atom stereocenters. The molecular weight excluding hydrogens is 594 g/mol. The van der Waals surface area contributed by atoms with Crippen molar-refractivity contribution in [2.45, 2.75) is 31.3 Å². The van der Waals surface area contributed by atoms with Crippen LogP contribution in [0.2, 0.25) is 0 Å². The monoisotopic (exact) mass is 635 g/mol. The van der Waals surface area contributed by atoms with Crippen LogP contribution in [0, 0.1) is 0 Å².